The predicted octanol–water partition coefficient (Wildman–Crippen LogP) is 3.96. The van der Waals surface area contributed by atoms with Crippen LogP contribution in [0.2, 0.25) is 4.34 Å². The summed E-state index contributed by atoms with van der Waals surface area (Å²) in [6, 6.07) is 15.0. The number of sulfonamides is 1. The minimum Gasteiger partial charge on any atom is -0.342 e. The Balaban J connectivity index is 1.45. The summed E-state index contributed by atoms with van der Waals surface area (Å²) in [5.41, 5.74) is 2.58. The topological polar surface area (TPSA) is 82.6 Å². The third-order valence-corrected chi connectivity index (χ3v) is 9.24. The molecule has 0 bridgehead atoms. The van der Waals surface area contributed by atoms with E-state index in [4.69, 9.17) is 11.6 Å². The largest absolute Gasteiger partial charge is 0.342 e. The number of aromatic nitrogens is 1. The Labute approximate surface area is 208 Å². The minimum absolute atomic E-state index is 0.0283. The van der Waals surface area contributed by atoms with Gasteiger partial charge in [0.1, 0.15) is 4.34 Å². The molecule has 0 saturated carbocycles. The highest BCUT2D eigenvalue weighted by molar-refractivity contribution is 7.89. The van der Waals surface area contributed by atoms with Crippen LogP contribution in [0.15, 0.2) is 59.6 Å². The quantitative estimate of drug-likeness (QED) is 0.536. The summed E-state index contributed by atoms with van der Waals surface area (Å²) in [5.74, 6) is 0.0283. The smallest absolute Gasteiger partial charge is 0.240 e. The second-order valence-electron chi connectivity index (χ2n) is 8.82. The van der Waals surface area contributed by atoms with Gasteiger partial charge in [0.2, 0.25) is 15.9 Å². The van der Waals surface area contributed by atoms with Crippen molar-refractivity contribution in [3.63, 3.8) is 0 Å². The molecule has 2 aliphatic rings. The van der Waals surface area contributed by atoms with Gasteiger partial charge < -0.3 is 9.80 Å². The zero-order chi connectivity index (χ0) is 23.9. The van der Waals surface area contributed by atoms with Crippen molar-refractivity contribution in [3.8, 4) is 0 Å². The number of hydrogen-bond acceptors (Lipinski definition) is 6. The van der Waals surface area contributed by atoms with E-state index in [-0.39, 0.29) is 16.2 Å². The molecule has 3 heterocycles. The van der Waals surface area contributed by atoms with Gasteiger partial charge in [0.15, 0.2) is 5.13 Å². The van der Waals surface area contributed by atoms with Crippen LogP contribution in [0, 0.1) is 0 Å². The van der Waals surface area contributed by atoms with E-state index in [9.17, 15) is 13.2 Å². The summed E-state index contributed by atoms with van der Waals surface area (Å²) in [5, 5.41) is 0.765. The van der Waals surface area contributed by atoms with Crippen molar-refractivity contribution in [1.82, 2.24) is 14.6 Å². The van der Waals surface area contributed by atoms with Gasteiger partial charge in [0.05, 0.1) is 11.1 Å². The Kier molecular flexibility index (Phi) is 6.14. The molecule has 7 nitrogen and oxygen atoms in total. The van der Waals surface area contributed by atoms with Gasteiger partial charge in [0, 0.05) is 44.2 Å². The van der Waals surface area contributed by atoms with Crippen LogP contribution in [0.25, 0.3) is 0 Å². The van der Waals surface area contributed by atoms with Crippen LogP contribution in [0.1, 0.15) is 24.5 Å². The number of benzene rings is 2. The maximum Gasteiger partial charge on any atom is 0.240 e. The summed E-state index contributed by atoms with van der Waals surface area (Å²) in [7, 11) is -3.69. The predicted molar refractivity (Wildman–Crippen MR) is 134 cm³/mol. The van der Waals surface area contributed by atoms with Gasteiger partial charge in [-0.2, -0.15) is 0 Å². The zero-order valence-electron chi connectivity index (χ0n) is 18.7. The zero-order valence-corrected chi connectivity index (χ0v) is 21.1. The van der Waals surface area contributed by atoms with Crippen molar-refractivity contribution >= 4 is 49.7 Å². The highest BCUT2D eigenvalue weighted by Gasteiger charge is 2.49. The highest BCUT2D eigenvalue weighted by atomic mass is 35.5. The molecule has 1 N–H and O–H groups in total. The van der Waals surface area contributed by atoms with Crippen molar-refractivity contribution in [2.45, 2.75) is 30.1 Å². The highest BCUT2D eigenvalue weighted by Crippen LogP contribution is 2.50. The Morgan fingerprint density at radius 1 is 1.21 bits per heavy atom. The number of rotatable bonds is 6. The Bertz CT molecular complexity index is 1330. The van der Waals surface area contributed by atoms with E-state index in [1.807, 2.05) is 41.3 Å². The summed E-state index contributed by atoms with van der Waals surface area (Å²) < 4.78 is 29.6. The molecule has 3 aromatic rings. The molecule has 0 aliphatic carbocycles. The first-order valence-corrected chi connectivity index (χ1v) is 13.8. The van der Waals surface area contributed by atoms with Gasteiger partial charge >= 0.3 is 0 Å². The fourth-order valence-electron chi connectivity index (χ4n) is 4.90. The fraction of sp³-hybridized carbons (Fsp3) is 0.333. The second kappa shape index (κ2) is 8.96. The Morgan fingerprint density at radius 3 is 2.68 bits per heavy atom. The molecular formula is C24H25ClN4O3S2. The number of nitrogens with zero attached hydrogens (tertiary/aromatic N) is 3. The van der Waals surface area contributed by atoms with E-state index in [1.165, 1.54) is 11.3 Å². The average molecular weight is 517 g/mol. The molecule has 1 amide bonds. The van der Waals surface area contributed by atoms with Crippen molar-refractivity contribution in [2.24, 2.45) is 0 Å². The normalized spacial score (nSPS) is 19.7. The van der Waals surface area contributed by atoms with E-state index >= 15 is 0 Å². The van der Waals surface area contributed by atoms with E-state index in [0.29, 0.717) is 36.9 Å². The maximum atomic E-state index is 13.1. The lowest BCUT2D eigenvalue weighted by Crippen LogP contribution is -2.36. The molecule has 10 heteroatoms. The molecule has 1 unspecified atom stereocenters. The standard InChI is InChI=1S/C24H25ClN4O3S2/c1-17(30)28-12-10-24(15-28)16-29(23-26-14-22(25)33-23)21-8-7-19(13-20(21)24)34(31,32)27-11-9-18-5-3-2-4-6-18/h2-8,13-14,27H,9-12,15-16H2,1H3. The van der Waals surface area contributed by atoms with Crippen LogP contribution in [0.3, 0.4) is 0 Å². The SMILES string of the molecule is CC(=O)N1CCC2(C1)CN(c1ncc(Cl)s1)c1ccc(S(=O)(=O)NCCc3ccccc3)cc12. The molecule has 34 heavy (non-hydrogen) atoms. The lowest BCUT2D eigenvalue weighted by Gasteiger charge is -2.25. The fourth-order valence-corrected chi connectivity index (χ4v) is 6.88. The van der Waals surface area contributed by atoms with Crippen molar-refractivity contribution in [3.05, 3.63) is 70.2 Å². The molecule has 2 aliphatic heterocycles. The van der Waals surface area contributed by atoms with Crippen LogP contribution in [0.5, 0.6) is 0 Å². The van der Waals surface area contributed by atoms with Crippen LogP contribution in [0.4, 0.5) is 10.8 Å². The first-order chi connectivity index (χ1) is 16.3. The Morgan fingerprint density at radius 2 is 2.00 bits per heavy atom. The van der Waals surface area contributed by atoms with Gasteiger partial charge in [-0.05, 0) is 42.2 Å². The molecule has 1 fully saturated rings. The number of amides is 1. The summed E-state index contributed by atoms with van der Waals surface area (Å²) >= 11 is 7.53. The van der Waals surface area contributed by atoms with Crippen LogP contribution < -0.4 is 9.62 Å². The number of nitrogens with one attached hydrogen (secondary N) is 1. The van der Waals surface area contributed by atoms with Crippen molar-refractivity contribution < 1.29 is 13.2 Å². The Hall–Kier alpha value is -2.46. The molecule has 1 aromatic heterocycles. The summed E-state index contributed by atoms with van der Waals surface area (Å²) in [4.78, 5) is 20.7. The molecular weight excluding hydrogens is 492 g/mol. The number of fused-ring (bicyclic) bond motifs is 2. The van der Waals surface area contributed by atoms with Crippen LogP contribution >= 0.6 is 22.9 Å². The van der Waals surface area contributed by atoms with Gasteiger partial charge in [0.25, 0.3) is 0 Å². The number of carbonyl (C=O) groups is 1. The molecule has 2 aromatic carbocycles. The third kappa shape index (κ3) is 4.33. The first kappa shape index (κ1) is 23.3. The van der Waals surface area contributed by atoms with E-state index in [2.05, 4.69) is 14.6 Å². The molecule has 0 radical (unpaired) electrons. The molecule has 1 saturated heterocycles. The van der Waals surface area contributed by atoms with E-state index < -0.39 is 10.0 Å². The number of likely N-dealkylation sites (tertiary alicyclic amines) is 1. The van der Waals surface area contributed by atoms with Gasteiger partial charge in [-0.15, -0.1) is 0 Å². The van der Waals surface area contributed by atoms with Gasteiger partial charge in [-0.1, -0.05) is 53.3 Å². The van der Waals surface area contributed by atoms with Crippen LogP contribution in [-0.4, -0.2) is 50.4 Å². The van der Waals surface area contributed by atoms with Crippen molar-refractivity contribution in [2.75, 3.05) is 31.1 Å². The maximum absolute atomic E-state index is 13.1. The van der Waals surface area contributed by atoms with E-state index in [1.54, 1.807) is 25.3 Å². The monoisotopic (exact) mass is 516 g/mol. The summed E-state index contributed by atoms with van der Waals surface area (Å²) in [6.07, 6.45) is 3.00. The number of anilines is 2. The number of hydrogen-bond donors (Lipinski definition) is 1. The third-order valence-electron chi connectivity index (χ3n) is 6.65. The minimum atomic E-state index is -3.69. The number of carbonyl (C=O) groups excluding carboxylic acids is 1. The van der Waals surface area contributed by atoms with E-state index in [0.717, 1.165) is 28.4 Å². The number of halogens is 1. The van der Waals surface area contributed by atoms with Gasteiger partial charge in [-0.3, -0.25) is 4.79 Å². The molecule has 1 spiro atoms. The average Bonchev–Trinajstić information content (AvgIpc) is 3.52. The summed E-state index contributed by atoms with van der Waals surface area (Å²) in [6.45, 7) is 3.71. The van der Waals surface area contributed by atoms with Gasteiger partial charge in [-0.25, -0.2) is 18.1 Å². The molecule has 1 atom stereocenters. The molecule has 5 rings (SSSR count). The van der Waals surface area contributed by atoms with Crippen LogP contribution in [-0.2, 0) is 26.7 Å². The number of thiazole rings is 1. The lowest BCUT2D eigenvalue weighted by molar-refractivity contribution is -0.127. The second-order valence-corrected chi connectivity index (χ2v) is 12.2. The van der Waals surface area contributed by atoms with Crippen molar-refractivity contribution in [1.29, 1.82) is 0 Å². The molecule has 178 valence electrons. The first-order valence-electron chi connectivity index (χ1n) is 11.1. The lowest BCUT2D eigenvalue weighted by atomic mass is 9.81.